The second-order valence-corrected chi connectivity index (χ2v) is 7.33. The van der Waals surface area contributed by atoms with Gasteiger partial charge in [0.1, 0.15) is 0 Å². The van der Waals surface area contributed by atoms with Crippen LogP contribution in [0, 0.1) is 0 Å². The molecule has 1 N–H and O–H groups in total. The lowest BCUT2D eigenvalue weighted by Crippen LogP contribution is -2.46. The Bertz CT molecular complexity index is 327. The van der Waals surface area contributed by atoms with Gasteiger partial charge in [0.15, 0.2) is 0 Å². The van der Waals surface area contributed by atoms with Gasteiger partial charge >= 0.3 is 5.97 Å². The first-order valence-corrected chi connectivity index (χ1v) is 8.61. The number of hydrogen-bond acceptors (Lipinski definition) is 3. The van der Waals surface area contributed by atoms with Gasteiger partial charge in [-0.2, -0.15) is 0 Å². The molecule has 1 aliphatic carbocycles. The Hall–Kier alpha value is -0.710. The molecule has 0 aliphatic heterocycles. The minimum absolute atomic E-state index is 0.0168. The van der Waals surface area contributed by atoms with Gasteiger partial charge in [-0.05, 0) is 26.7 Å². The van der Waals surface area contributed by atoms with Gasteiger partial charge in [-0.25, -0.2) is 0 Å². The molecule has 5 heteroatoms. The lowest BCUT2D eigenvalue weighted by Gasteiger charge is -2.37. The number of carboxylic acid groups (broad SMARTS) is 1. The van der Waals surface area contributed by atoms with Gasteiger partial charge in [0, 0.05) is 17.3 Å². The third kappa shape index (κ3) is 5.73. The maximum absolute atomic E-state index is 12.4. The van der Waals surface area contributed by atoms with E-state index in [1.807, 2.05) is 11.8 Å². The van der Waals surface area contributed by atoms with E-state index in [4.69, 9.17) is 5.11 Å². The number of carbonyl (C=O) groups is 2. The van der Waals surface area contributed by atoms with E-state index < -0.39 is 5.97 Å². The highest BCUT2D eigenvalue weighted by atomic mass is 32.2. The summed E-state index contributed by atoms with van der Waals surface area (Å²) in [5, 5.41) is 8.72. The van der Waals surface area contributed by atoms with Gasteiger partial charge in [-0.1, -0.05) is 26.2 Å². The fourth-order valence-corrected chi connectivity index (χ4v) is 3.70. The summed E-state index contributed by atoms with van der Waals surface area (Å²) in [4.78, 5) is 25.1. The monoisotopic (exact) mass is 301 g/mol. The number of carboxylic acids is 1. The molecule has 0 aromatic carbocycles. The summed E-state index contributed by atoms with van der Waals surface area (Å²) in [7, 11) is 0. The Morgan fingerprint density at radius 3 is 2.30 bits per heavy atom. The van der Waals surface area contributed by atoms with Crippen molar-refractivity contribution in [2.24, 2.45) is 0 Å². The summed E-state index contributed by atoms with van der Waals surface area (Å²) in [6.07, 6.45) is 6.04. The number of amides is 1. The smallest absolute Gasteiger partial charge is 0.304 e. The lowest BCUT2D eigenvalue weighted by atomic mass is 9.93. The molecule has 1 atom stereocenters. The summed E-state index contributed by atoms with van der Waals surface area (Å²) in [6.45, 7) is 6.00. The van der Waals surface area contributed by atoms with E-state index in [-0.39, 0.29) is 23.6 Å². The third-order valence-electron chi connectivity index (χ3n) is 3.77. The largest absolute Gasteiger partial charge is 0.481 e. The van der Waals surface area contributed by atoms with Crippen molar-refractivity contribution in [2.45, 2.75) is 76.6 Å². The minimum Gasteiger partial charge on any atom is -0.481 e. The fraction of sp³-hybridized carbons (Fsp3) is 0.867. The predicted molar refractivity (Wildman–Crippen MR) is 83.0 cm³/mol. The average Bonchev–Trinajstić information content (AvgIpc) is 2.36. The quantitative estimate of drug-likeness (QED) is 0.785. The summed E-state index contributed by atoms with van der Waals surface area (Å²) >= 11 is 1.45. The molecule has 1 rings (SSSR count). The van der Waals surface area contributed by atoms with Crippen LogP contribution in [-0.4, -0.2) is 45.0 Å². The molecule has 1 aliphatic rings. The fourth-order valence-electron chi connectivity index (χ4n) is 2.87. The van der Waals surface area contributed by atoms with Gasteiger partial charge in [0.25, 0.3) is 0 Å². The molecule has 1 unspecified atom stereocenters. The van der Waals surface area contributed by atoms with Crippen LogP contribution < -0.4 is 0 Å². The molecule has 1 saturated carbocycles. The summed E-state index contributed by atoms with van der Waals surface area (Å²) in [6, 6.07) is 0.604. The van der Waals surface area contributed by atoms with Crippen molar-refractivity contribution < 1.29 is 14.7 Å². The second kappa shape index (κ2) is 8.55. The molecule has 0 heterocycles. The highest BCUT2D eigenvalue weighted by Crippen LogP contribution is 2.25. The maximum Gasteiger partial charge on any atom is 0.304 e. The molecule has 0 bridgehead atoms. The van der Waals surface area contributed by atoms with Gasteiger partial charge in [-0.15, -0.1) is 11.8 Å². The maximum atomic E-state index is 12.4. The molecule has 0 radical (unpaired) electrons. The lowest BCUT2D eigenvalue weighted by molar-refractivity contribution is -0.137. The molecule has 0 aromatic rings. The van der Waals surface area contributed by atoms with E-state index in [0.717, 1.165) is 12.8 Å². The van der Waals surface area contributed by atoms with Gasteiger partial charge in [0.2, 0.25) is 5.91 Å². The van der Waals surface area contributed by atoms with E-state index in [9.17, 15) is 9.59 Å². The molecule has 1 fully saturated rings. The number of nitrogens with zero attached hydrogens (tertiary/aromatic N) is 1. The number of carbonyl (C=O) groups excluding carboxylic acids is 1. The van der Waals surface area contributed by atoms with Crippen LogP contribution in [0.3, 0.4) is 0 Å². The molecule has 0 aromatic heterocycles. The Balaban J connectivity index is 2.49. The van der Waals surface area contributed by atoms with Crippen LogP contribution >= 0.6 is 11.8 Å². The van der Waals surface area contributed by atoms with Gasteiger partial charge < -0.3 is 10.0 Å². The summed E-state index contributed by atoms with van der Waals surface area (Å²) in [5.74, 6) is -0.247. The first-order valence-electron chi connectivity index (χ1n) is 7.56. The van der Waals surface area contributed by atoms with Crippen LogP contribution in [0.25, 0.3) is 0 Å². The summed E-state index contributed by atoms with van der Waals surface area (Å²) < 4.78 is 0. The first kappa shape index (κ1) is 17.3. The van der Waals surface area contributed by atoms with Crippen molar-refractivity contribution in [1.29, 1.82) is 0 Å². The van der Waals surface area contributed by atoms with Crippen molar-refractivity contribution in [1.82, 2.24) is 4.90 Å². The number of hydrogen-bond donors (Lipinski definition) is 1. The Labute approximate surface area is 126 Å². The van der Waals surface area contributed by atoms with Crippen molar-refractivity contribution >= 4 is 23.6 Å². The van der Waals surface area contributed by atoms with E-state index in [0.29, 0.717) is 11.8 Å². The number of aliphatic carboxylic acids is 1. The standard InChI is InChI=1S/C15H27NO3S/c1-11(2)16(13-7-5-4-6-8-13)14(17)10-20-12(3)9-15(18)19/h11-13H,4-10H2,1-3H3,(H,18,19). The zero-order valence-corrected chi connectivity index (χ0v) is 13.6. The molecular formula is C15H27NO3S. The van der Waals surface area contributed by atoms with Crippen LogP contribution in [-0.2, 0) is 9.59 Å². The van der Waals surface area contributed by atoms with Crippen LogP contribution in [0.2, 0.25) is 0 Å². The normalized spacial score (nSPS) is 18.0. The molecule has 116 valence electrons. The van der Waals surface area contributed by atoms with Crippen LogP contribution in [0.4, 0.5) is 0 Å². The van der Waals surface area contributed by atoms with Crippen LogP contribution in [0.1, 0.15) is 59.3 Å². The van der Waals surface area contributed by atoms with E-state index in [1.54, 1.807) is 0 Å². The predicted octanol–water partition coefficient (Wildman–Crippen LogP) is 3.15. The van der Waals surface area contributed by atoms with Crippen molar-refractivity contribution in [3.8, 4) is 0 Å². The molecular weight excluding hydrogens is 274 g/mol. The molecule has 0 saturated heterocycles. The topological polar surface area (TPSA) is 57.6 Å². The minimum atomic E-state index is -0.801. The zero-order valence-electron chi connectivity index (χ0n) is 12.8. The SMILES string of the molecule is CC(CC(=O)O)SCC(=O)N(C(C)C)C1CCCCC1. The van der Waals surface area contributed by atoms with Crippen LogP contribution in [0.15, 0.2) is 0 Å². The Morgan fingerprint density at radius 2 is 1.80 bits per heavy atom. The second-order valence-electron chi connectivity index (χ2n) is 5.91. The number of rotatable bonds is 7. The first-order chi connectivity index (χ1) is 9.41. The van der Waals surface area contributed by atoms with E-state index in [2.05, 4.69) is 13.8 Å². The molecule has 4 nitrogen and oxygen atoms in total. The van der Waals surface area contributed by atoms with E-state index in [1.165, 1.54) is 31.0 Å². The van der Waals surface area contributed by atoms with Crippen molar-refractivity contribution in [3.63, 3.8) is 0 Å². The third-order valence-corrected chi connectivity index (χ3v) is 4.92. The van der Waals surface area contributed by atoms with E-state index >= 15 is 0 Å². The molecule has 0 spiro atoms. The average molecular weight is 301 g/mol. The summed E-state index contributed by atoms with van der Waals surface area (Å²) in [5.41, 5.74) is 0. The number of thioether (sulfide) groups is 1. The van der Waals surface area contributed by atoms with Crippen LogP contribution in [0.5, 0.6) is 0 Å². The van der Waals surface area contributed by atoms with Gasteiger partial charge in [0.05, 0.1) is 12.2 Å². The zero-order chi connectivity index (χ0) is 15.1. The molecule has 20 heavy (non-hydrogen) atoms. The van der Waals surface area contributed by atoms with Crippen molar-refractivity contribution in [3.05, 3.63) is 0 Å². The Kier molecular flexibility index (Phi) is 7.41. The van der Waals surface area contributed by atoms with Gasteiger partial charge in [-0.3, -0.25) is 9.59 Å². The highest BCUT2D eigenvalue weighted by Gasteiger charge is 2.27. The van der Waals surface area contributed by atoms with Crippen molar-refractivity contribution in [2.75, 3.05) is 5.75 Å². The Morgan fingerprint density at radius 1 is 1.20 bits per heavy atom. The molecule has 1 amide bonds. The highest BCUT2D eigenvalue weighted by molar-refractivity contribution is 8.00.